The minimum Gasteiger partial charge on any atom is -0.484 e. The van der Waals surface area contributed by atoms with Gasteiger partial charge < -0.3 is 10.1 Å². The Labute approximate surface area is 193 Å². The van der Waals surface area contributed by atoms with Crippen LogP contribution in [0.4, 0.5) is 5.69 Å². The van der Waals surface area contributed by atoms with Crippen molar-refractivity contribution in [2.24, 2.45) is 0 Å². The number of nitrogens with one attached hydrogen (secondary N) is 2. The Morgan fingerprint density at radius 3 is 2.28 bits per heavy atom. The molecule has 3 rings (SSSR count). The molecule has 0 heterocycles. The standard InChI is InChI=1S/C24H26N2O4S2/c1-17-6-4-5-7-23(17)26-32(28,29)22-14-10-20(11-15-22)30-16-24(27)25-18(2)19-8-12-21(31-3)13-9-19/h4-15,18,26H,16H2,1-3H3,(H,25,27)/t18-/m1/s1. The van der Waals surface area contributed by atoms with Gasteiger partial charge in [-0.15, -0.1) is 11.8 Å². The lowest BCUT2D eigenvalue weighted by molar-refractivity contribution is -0.123. The summed E-state index contributed by atoms with van der Waals surface area (Å²) in [5.41, 5.74) is 2.37. The van der Waals surface area contributed by atoms with E-state index in [1.54, 1.807) is 23.9 Å². The molecular formula is C24H26N2O4S2. The zero-order valence-corrected chi connectivity index (χ0v) is 19.8. The van der Waals surface area contributed by atoms with Crippen molar-refractivity contribution in [2.75, 3.05) is 17.6 Å². The van der Waals surface area contributed by atoms with Crippen LogP contribution in [0, 0.1) is 6.92 Å². The largest absolute Gasteiger partial charge is 0.484 e. The molecule has 0 saturated carbocycles. The van der Waals surface area contributed by atoms with Gasteiger partial charge >= 0.3 is 0 Å². The molecule has 2 N–H and O–H groups in total. The van der Waals surface area contributed by atoms with E-state index in [4.69, 9.17) is 4.74 Å². The van der Waals surface area contributed by atoms with Gasteiger partial charge in [0.05, 0.1) is 16.6 Å². The van der Waals surface area contributed by atoms with Gasteiger partial charge in [-0.3, -0.25) is 9.52 Å². The fourth-order valence-corrected chi connectivity index (χ4v) is 4.55. The van der Waals surface area contributed by atoms with Crippen molar-refractivity contribution >= 4 is 33.4 Å². The minimum absolute atomic E-state index is 0.111. The van der Waals surface area contributed by atoms with Gasteiger partial charge in [-0.2, -0.15) is 0 Å². The number of hydrogen-bond acceptors (Lipinski definition) is 5. The summed E-state index contributed by atoms with van der Waals surface area (Å²) in [6, 6.07) is 21.0. The Morgan fingerprint density at radius 2 is 1.66 bits per heavy atom. The fourth-order valence-electron chi connectivity index (χ4n) is 3.01. The molecule has 8 heteroatoms. The smallest absolute Gasteiger partial charge is 0.261 e. The van der Waals surface area contributed by atoms with Gasteiger partial charge in [0, 0.05) is 4.90 Å². The number of rotatable bonds is 9. The predicted molar refractivity (Wildman–Crippen MR) is 129 cm³/mol. The quantitative estimate of drug-likeness (QED) is 0.440. The third kappa shape index (κ3) is 6.27. The first-order valence-corrected chi connectivity index (χ1v) is 12.7. The second-order valence-electron chi connectivity index (χ2n) is 7.24. The van der Waals surface area contributed by atoms with Gasteiger partial charge in [0.2, 0.25) is 0 Å². The Balaban J connectivity index is 1.54. The van der Waals surface area contributed by atoms with Crippen LogP contribution in [0.2, 0.25) is 0 Å². The Kier molecular flexibility index (Phi) is 7.82. The predicted octanol–water partition coefficient (Wildman–Crippen LogP) is 4.77. The van der Waals surface area contributed by atoms with Crippen LogP contribution < -0.4 is 14.8 Å². The SMILES string of the molecule is CSc1ccc([C@@H](C)NC(=O)COc2ccc(S(=O)(=O)Nc3ccccc3C)cc2)cc1. The average molecular weight is 471 g/mol. The maximum Gasteiger partial charge on any atom is 0.261 e. The lowest BCUT2D eigenvalue weighted by Gasteiger charge is -2.15. The summed E-state index contributed by atoms with van der Waals surface area (Å²) in [5.74, 6) is 0.149. The number of benzene rings is 3. The number of amides is 1. The van der Waals surface area contributed by atoms with E-state index in [2.05, 4.69) is 10.0 Å². The number of thioether (sulfide) groups is 1. The molecular weight excluding hydrogens is 444 g/mol. The number of anilines is 1. The number of sulfonamides is 1. The maximum atomic E-state index is 12.6. The van der Waals surface area contributed by atoms with Gasteiger partial charge in [0.25, 0.3) is 15.9 Å². The third-order valence-electron chi connectivity index (χ3n) is 4.89. The van der Waals surface area contributed by atoms with E-state index in [-0.39, 0.29) is 23.5 Å². The number of carbonyl (C=O) groups is 1. The molecule has 3 aromatic carbocycles. The number of ether oxygens (including phenoxy) is 1. The first kappa shape index (κ1) is 23.7. The molecule has 0 radical (unpaired) electrons. The zero-order valence-electron chi connectivity index (χ0n) is 18.2. The highest BCUT2D eigenvalue weighted by Gasteiger charge is 2.16. The molecule has 0 spiro atoms. The average Bonchev–Trinajstić information content (AvgIpc) is 2.79. The molecule has 1 amide bonds. The first-order valence-electron chi connectivity index (χ1n) is 10.0. The molecule has 0 aliphatic carbocycles. The van der Waals surface area contributed by atoms with E-state index in [1.807, 2.05) is 56.5 Å². The van der Waals surface area contributed by atoms with E-state index in [0.717, 1.165) is 16.0 Å². The third-order valence-corrected chi connectivity index (χ3v) is 7.01. The molecule has 0 aliphatic rings. The number of para-hydroxylation sites is 1. The molecule has 0 bridgehead atoms. The topological polar surface area (TPSA) is 84.5 Å². The van der Waals surface area contributed by atoms with Crippen molar-refractivity contribution < 1.29 is 17.9 Å². The molecule has 0 aliphatic heterocycles. The Morgan fingerprint density at radius 1 is 1.00 bits per heavy atom. The highest BCUT2D eigenvalue weighted by Crippen LogP contribution is 2.22. The van der Waals surface area contributed by atoms with Crippen molar-refractivity contribution in [3.8, 4) is 5.75 Å². The summed E-state index contributed by atoms with van der Waals surface area (Å²) < 4.78 is 33.3. The van der Waals surface area contributed by atoms with Crippen molar-refractivity contribution in [3.05, 3.63) is 83.9 Å². The lowest BCUT2D eigenvalue weighted by Crippen LogP contribution is -2.31. The van der Waals surface area contributed by atoms with E-state index in [0.29, 0.717) is 11.4 Å². The van der Waals surface area contributed by atoms with Crippen LogP contribution in [-0.2, 0) is 14.8 Å². The highest BCUT2D eigenvalue weighted by atomic mass is 32.2. The minimum atomic E-state index is -3.72. The summed E-state index contributed by atoms with van der Waals surface area (Å²) in [7, 11) is -3.72. The number of aryl methyl sites for hydroxylation is 1. The number of hydrogen-bond donors (Lipinski definition) is 2. The second kappa shape index (κ2) is 10.6. The molecule has 3 aromatic rings. The van der Waals surface area contributed by atoms with E-state index in [9.17, 15) is 13.2 Å². The summed E-state index contributed by atoms with van der Waals surface area (Å²) >= 11 is 1.66. The summed E-state index contributed by atoms with van der Waals surface area (Å²) in [5, 5.41) is 2.90. The summed E-state index contributed by atoms with van der Waals surface area (Å²) in [6.45, 7) is 3.58. The van der Waals surface area contributed by atoms with Crippen molar-refractivity contribution in [3.63, 3.8) is 0 Å². The van der Waals surface area contributed by atoms with Crippen LogP contribution in [0.3, 0.4) is 0 Å². The molecule has 168 valence electrons. The normalized spacial score (nSPS) is 12.1. The number of carbonyl (C=O) groups excluding carboxylic acids is 1. The van der Waals surface area contributed by atoms with Gasteiger partial charge in [-0.25, -0.2) is 8.42 Å². The van der Waals surface area contributed by atoms with Crippen LogP contribution in [0.15, 0.2) is 82.6 Å². The molecule has 0 aromatic heterocycles. The summed E-state index contributed by atoms with van der Waals surface area (Å²) in [4.78, 5) is 13.5. The Bertz CT molecular complexity index is 1160. The van der Waals surface area contributed by atoms with Gasteiger partial charge in [0.1, 0.15) is 5.75 Å². The Hall–Kier alpha value is -2.97. The van der Waals surface area contributed by atoms with Crippen LogP contribution in [0.1, 0.15) is 24.1 Å². The molecule has 32 heavy (non-hydrogen) atoms. The van der Waals surface area contributed by atoms with E-state index in [1.165, 1.54) is 24.3 Å². The zero-order chi connectivity index (χ0) is 23.1. The van der Waals surface area contributed by atoms with Crippen LogP contribution in [0.5, 0.6) is 5.75 Å². The van der Waals surface area contributed by atoms with Crippen molar-refractivity contribution in [2.45, 2.75) is 29.7 Å². The molecule has 6 nitrogen and oxygen atoms in total. The second-order valence-corrected chi connectivity index (χ2v) is 9.80. The molecule has 0 unspecified atom stereocenters. The van der Waals surface area contributed by atoms with Gasteiger partial charge in [0.15, 0.2) is 6.61 Å². The maximum absolute atomic E-state index is 12.6. The lowest BCUT2D eigenvalue weighted by atomic mass is 10.1. The van der Waals surface area contributed by atoms with Crippen molar-refractivity contribution in [1.29, 1.82) is 0 Å². The highest BCUT2D eigenvalue weighted by molar-refractivity contribution is 7.98. The fraction of sp³-hybridized carbons (Fsp3) is 0.208. The summed E-state index contributed by atoms with van der Waals surface area (Å²) in [6.07, 6.45) is 2.01. The van der Waals surface area contributed by atoms with E-state index < -0.39 is 10.0 Å². The van der Waals surface area contributed by atoms with Crippen LogP contribution >= 0.6 is 11.8 Å². The van der Waals surface area contributed by atoms with Gasteiger partial charge in [-0.1, -0.05) is 30.3 Å². The van der Waals surface area contributed by atoms with E-state index >= 15 is 0 Å². The first-order chi connectivity index (χ1) is 15.3. The van der Waals surface area contributed by atoms with Crippen LogP contribution in [-0.4, -0.2) is 27.2 Å². The van der Waals surface area contributed by atoms with Crippen LogP contribution in [0.25, 0.3) is 0 Å². The van der Waals surface area contributed by atoms with Gasteiger partial charge in [-0.05, 0) is 73.7 Å². The molecule has 0 saturated heterocycles. The van der Waals surface area contributed by atoms with Crippen molar-refractivity contribution in [1.82, 2.24) is 5.32 Å². The molecule has 0 fully saturated rings. The molecule has 1 atom stereocenters. The monoisotopic (exact) mass is 470 g/mol.